The molecule has 0 bridgehead atoms. The van der Waals surface area contributed by atoms with Crippen molar-refractivity contribution >= 4 is 29.0 Å². The third-order valence-corrected chi connectivity index (χ3v) is 5.63. The van der Waals surface area contributed by atoms with E-state index in [1.807, 2.05) is 18.2 Å². The van der Waals surface area contributed by atoms with Gasteiger partial charge in [0.25, 0.3) is 11.6 Å². The van der Waals surface area contributed by atoms with Gasteiger partial charge in [0, 0.05) is 41.6 Å². The predicted molar refractivity (Wildman–Crippen MR) is 121 cm³/mol. The summed E-state index contributed by atoms with van der Waals surface area (Å²) in [6.07, 6.45) is 0.702. The van der Waals surface area contributed by atoms with Crippen molar-refractivity contribution in [3.8, 4) is 0 Å². The van der Waals surface area contributed by atoms with E-state index in [-0.39, 0.29) is 17.4 Å². The Hall–Kier alpha value is -3.39. The van der Waals surface area contributed by atoms with E-state index in [9.17, 15) is 19.3 Å². The summed E-state index contributed by atoms with van der Waals surface area (Å²) in [5.41, 5.74) is 2.44. The van der Waals surface area contributed by atoms with Crippen LogP contribution in [-0.2, 0) is 5.75 Å². The first-order valence-electron chi connectivity index (χ1n) is 9.76. The SMILES string of the molecule is O=C(NCCCNc1ccc([N+](=O)[O-])cc1)c1ccccc1SCc1ccc(F)cc1. The fraction of sp³-hybridized carbons (Fsp3) is 0.174. The molecule has 0 aliphatic carbocycles. The molecular weight excluding hydrogens is 417 g/mol. The number of nitro groups is 1. The molecule has 0 spiro atoms. The number of hydrogen-bond donors (Lipinski definition) is 2. The molecule has 0 atom stereocenters. The maximum absolute atomic E-state index is 13.0. The van der Waals surface area contributed by atoms with E-state index in [4.69, 9.17) is 0 Å². The van der Waals surface area contributed by atoms with E-state index in [0.717, 1.165) is 16.1 Å². The van der Waals surface area contributed by atoms with Gasteiger partial charge in [0.05, 0.1) is 10.5 Å². The van der Waals surface area contributed by atoms with Gasteiger partial charge in [-0.15, -0.1) is 11.8 Å². The van der Waals surface area contributed by atoms with E-state index in [1.165, 1.54) is 36.0 Å². The average Bonchev–Trinajstić information content (AvgIpc) is 2.79. The van der Waals surface area contributed by atoms with Gasteiger partial charge in [0.2, 0.25) is 0 Å². The molecule has 0 saturated carbocycles. The van der Waals surface area contributed by atoms with Gasteiger partial charge < -0.3 is 10.6 Å². The largest absolute Gasteiger partial charge is 0.385 e. The number of hydrogen-bond acceptors (Lipinski definition) is 5. The summed E-state index contributed by atoms with van der Waals surface area (Å²) in [5, 5.41) is 16.8. The fourth-order valence-corrected chi connectivity index (χ4v) is 3.85. The lowest BCUT2D eigenvalue weighted by Crippen LogP contribution is -2.26. The minimum absolute atomic E-state index is 0.0498. The van der Waals surface area contributed by atoms with Gasteiger partial charge in [-0.05, 0) is 48.4 Å². The van der Waals surface area contributed by atoms with Crippen LogP contribution in [0.2, 0.25) is 0 Å². The highest BCUT2D eigenvalue weighted by Gasteiger charge is 2.11. The molecule has 0 unspecified atom stereocenters. The van der Waals surface area contributed by atoms with Gasteiger partial charge in [-0.2, -0.15) is 0 Å². The number of nitrogens with one attached hydrogen (secondary N) is 2. The topological polar surface area (TPSA) is 84.3 Å². The molecule has 6 nitrogen and oxygen atoms in total. The number of anilines is 1. The number of carbonyl (C=O) groups is 1. The van der Waals surface area contributed by atoms with Gasteiger partial charge in [-0.3, -0.25) is 14.9 Å². The molecule has 8 heteroatoms. The van der Waals surface area contributed by atoms with Crippen LogP contribution in [-0.4, -0.2) is 23.9 Å². The number of benzene rings is 3. The van der Waals surface area contributed by atoms with E-state index in [0.29, 0.717) is 30.8 Å². The molecule has 3 rings (SSSR count). The van der Waals surface area contributed by atoms with Crippen LogP contribution < -0.4 is 10.6 Å². The highest BCUT2D eigenvalue weighted by atomic mass is 32.2. The van der Waals surface area contributed by atoms with Crippen LogP contribution in [0.25, 0.3) is 0 Å². The number of nitrogens with zero attached hydrogens (tertiary/aromatic N) is 1. The molecule has 0 saturated heterocycles. The van der Waals surface area contributed by atoms with E-state index >= 15 is 0 Å². The van der Waals surface area contributed by atoms with Crippen LogP contribution in [0.5, 0.6) is 0 Å². The normalized spacial score (nSPS) is 10.5. The lowest BCUT2D eigenvalue weighted by Gasteiger charge is -2.11. The number of thioether (sulfide) groups is 1. The van der Waals surface area contributed by atoms with Gasteiger partial charge in [-0.1, -0.05) is 24.3 Å². The third-order valence-electron chi connectivity index (χ3n) is 4.49. The summed E-state index contributed by atoms with van der Waals surface area (Å²) >= 11 is 1.53. The first-order chi connectivity index (χ1) is 15.0. The Morgan fingerprint density at radius 3 is 2.39 bits per heavy atom. The molecule has 0 fully saturated rings. The first kappa shape index (κ1) is 22.3. The highest BCUT2D eigenvalue weighted by Crippen LogP contribution is 2.26. The Morgan fingerprint density at radius 2 is 1.68 bits per heavy atom. The fourth-order valence-electron chi connectivity index (χ4n) is 2.84. The summed E-state index contributed by atoms with van der Waals surface area (Å²) in [6.45, 7) is 1.12. The first-order valence-corrected chi connectivity index (χ1v) is 10.7. The molecule has 0 aliphatic rings. The van der Waals surface area contributed by atoms with Gasteiger partial charge in [-0.25, -0.2) is 4.39 Å². The van der Waals surface area contributed by atoms with Crippen molar-refractivity contribution in [2.24, 2.45) is 0 Å². The molecule has 0 aromatic heterocycles. The van der Waals surface area contributed by atoms with Gasteiger partial charge in [0.1, 0.15) is 5.82 Å². The Morgan fingerprint density at radius 1 is 0.968 bits per heavy atom. The minimum atomic E-state index is -0.435. The van der Waals surface area contributed by atoms with E-state index < -0.39 is 4.92 Å². The van der Waals surface area contributed by atoms with Gasteiger partial charge in [0.15, 0.2) is 0 Å². The number of amides is 1. The van der Waals surface area contributed by atoms with Crippen LogP contribution in [0.4, 0.5) is 15.8 Å². The molecule has 0 radical (unpaired) electrons. The van der Waals surface area contributed by atoms with Crippen molar-refractivity contribution in [2.75, 3.05) is 18.4 Å². The number of nitro benzene ring substituents is 1. The maximum atomic E-state index is 13.0. The highest BCUT2D eigenvalue weighted by molar-refractivity contribution is 7.98. The van der Waals surface area contributed by atoms with Crippen molar-refractivity contribution in [1.82, 2.24) is 5.32 Å². The molecule has 1 amide bonds. The van der Waals surface area contributed by atoms with Crippen molar-refractivity contribution in [3.63, 3.8) is 0 Å². The summed E-state index contributed by atoms with van der Waals surface area (Å²) in [4.78, 5) is 23.7. The molecule has 3 aromatic carbocycles. The second kappa shape index (κ2) is 11.1. The van der Waals surface area contributed by atoms with Crippen LogP contribution >= 0.6 is 11.8 Å². The number of carbonyl (C=O) groups excluding carboxylic acids is 1. The molecule has 31 heavy (non-hydrogen) atoms. The van der Waals surface area contributed by atoms with E-state index in [1.54, 1.807) is 30.3 Å². The maximum Gasteiger partial charge on any atom is 0.269 e. The van der Waals surface area contributed by atoms with Crippen molar-refractivity contribution in [3.05, 3.63) is 99.9 Å². The molecular formula is C23H22FN3O3S. The quantitative estimate of drug-likeness (QED) is 0.195. The van der Waals surface area contributed by atoms with Gasteiger partial charge >= 0.3 is 0 Å². The Balaban J connectivity index is 1.44. The lowest BCUT2D eigenvalue weighted by molar-refractivity contribution is -0.384. The number of halogens is 1. The standard InChI is InChI=1S/C23H22FN3O3S/c24-18-8-6-17(7-9-18)16-31-22-5-2-1-4-21(22)23(28)26-15-3-14-25-19-10-12-20(13-11-19)27(29)30/h1-2,4-13,25H,3,14-16H2,(H,26,28). The third kappa shape index (κ3) is 6.82. The van der Waals surface area contributed by atoms with Crippen molar-refractivity contribution in [2.45, 2.75) is 17.1 Å². The Labute approximate surface area is 184 Å². The Kier molecular flexibility index (Phi) is 8.00. The molecule has 160 valence electrons. The number of non-ortho nitro benzene ring substituents is 1. The summed E-state index contributed by atoms with van der Waals surface area (Å²) in [6, 6.07) is 20.0. The second-order valence-corrected chi connectivity index (χ2v) is 7.77. The van der Waals surface area contributed by atoms with E-state index in [2.05, 4.69) is 10.6 Å². The molecule has 3 aromatic rings. The van der Waals surface area contributed by atoms with Crippen LogP contribution in [0.3, 0.4) is 0 Å². The Bertz CT molecular complexity index is 1030. The molecule has 0 aliphatic heterocycles. The van der Waals surface area contributed by atoms with Crippen LogP contribution in [0.1, 0.15) is 22.3 Å². The molecule has 2 N–H and O–H groups in total. The lowest BCUT2D eigenvalue weighted by atomic mass is 10.2. The van der Waals surface area contributed by atoms with Crippen molar-refractivity contribution < 1.29 is 14.1 Å². The molecule has 0 heterocycles. The number of rotatable bonds is 10. The summed E-state index contributed by atoms with van der Waals surface area (Å²) in [5.74, 6) is 0.234. The summed E-state index contributed by atoms with van der Waals surface area (Å²) in [7, 11) is 0. The van der Waals surface area contributed by atoms with Crippen molar-refractivity contribution in [1.29, 1.82) is 0 Å². The average molecular weight is 440 g/mol. The predicted octanol–water partition coefficient (Wildman–Crippen LogP) is 5.26. The zero-order valence-corrected chi connectivity index (χ0v) is 17.5. The minimum Gasteiger partial charge on any atom is -0.385 e. The smallest absolute Gasteiger partial charge is 0.269 e. The zero-order valence-electron chi connectivity index (χ0n) is 16.7. The van der Waals surface area contributed by atoms with Crippen LogP contribution in [0.15, 0.2) is 77.7 Å². The zero-order chi connectivity index (χ0) is 22.1. The van der Waals surface area contributed by atoms with Crippen LogP contribution in [0, 0.1) is 15.9 Å². The summed E-state index contributed by atoms with van der Waals surface area (Å²) < 4.78 is 13.0. The monoisotopic (exact) mass is 439 g/mol. The second-order valence-electron chi connectivity index (χ2n) is 6.75.